The molecule has 1 aromatic heterocycles. The van der Waals surface area contributed by atoms with Crippen LogP contribution in [0.15, 0.2) is 16.9 Å². The Bertz CT molecular complexity index is 852. The van der Waals surface area contributed by atoms with Crippen molar-refractivity contribution in [3.05, 3.63) is 45.4 Å². The lowest BCUT2D eigenvalue weighted by Gasteiger charge is -2.26. The molecule has 2 aromatic rings. The van der Waals surface area contributed by atoms with Crippen molar-refractivity contribution in [2.75, 3.05) is 13.6 Å². The molecule has 6 heteroatoms. The van der Waals surface area contributed by atoms with Crippen molar-refractivity contribution in [1.82, 2.24) is 10.3 Å². The third-order valence-corrected chi connectivity index (χ3v) is 3.09. The predicted molar refractivity (Wildman–Crippen MR) is 65.9 cm³/mol. The number of aromatic nitrogens is 1. The fraction of sp³-hybridized carbons (Fsp3) is 0.308. The molecular weight excluding hydrogens is 255 g/mol. The summed E-state index contributed by atoms with van der Waals surface area (Å²) in [6.45, 7) is -3.05. The highest BCUT2D eigenvalue weighted by Gasteiger charge is 2.24. The van der Waals surface area contributed by atoms with Gasteiger partial charge in [0.05, 0.1) is 26.0 Å². The van der Waals surface area contributed by atoms with Gasteiger partial charge in [0.15, 0.2) is 11.6 Å². The molecule has 19 heavy (non-hydrogen) atoms. The highest BCUT2D eigenvalue weighted by Crippen LogP contribution is 2.30. The SMILES string of the molecule is [2H][C@@]1(N[13C]([2H])([2H])[2H])COCc2[nH]c(=O)c3cc(F)c(F)cc3c21. The van der Waals surface area contributed by atoms with Gasteiger partial charge in [-0.25, -0.2) is 8.78 Å². The second-order valence-electron chi connectivity index (χ2n) is 4.22. The van der Waals surface area contributed by atoms with E-state index >= 15 is 0 Å². The first-order valence-corrected chi connectivity index (χ1v) is 5.52. The van der Waals surface area contributed by atoms with Crippen LogP contribution in [0.5, 0.6) is 0 Å². The van der Waals surface area contributed by atoms with E-state index in [1.165, 1.54) is 0 Å². The van der Waals surface area contributed by atoms with E-state index in [-0.39, 0.29) is 35.2 Å². The number of nitrogens with one attached hydrogen (secondary N) is 2. The fourth-order valence-electron chi connectivity index (χ4n) is 2.25. The van der Waals surface area contributed by atoms with Gasteiger partial charge in [0.2, 0.25) is 0 Å². The maximum atomic E-state index is 13.6. The molecule has 0 saturated carbocycles. The Morgan fingerprint density at radius 3 is 2.95 bits per heavy atom. The summed E-state index contributed by atoms with van der Waals surface area (Å²) in [7, 11) is 0. The average Bonchev–Trinajstić information content (AvgIpc) is 2.38. The summed E-state index contributed by atoms with van der Waals surface area (Å²) in [5, 5.41) is 1.96. The van der Waals surface area contributed by atoms with Crippen LogP contribution >= 0.6 is 0 Å². The molecule has 1 aliphatic heterocycles. The highest BCUT2D eigenvalue weighted by atomic mass is 19.2. The zero-order chi connectivity index (χ0) is 17.0. The van der Waals surface area contributed by atoms with Gasteiger partial charge in [-0.2, -0.15) is 0 Å². The molecule has 100 valence electrons. The van der Waals surface area contributed by atoms with Crippen molar-refractivity contribution in [2.24, 2.45) is 0 Å². The molecule has 1 aliphatic rings. The second-order valence-corrected chi connectivity index (χ2v) is 4.22. The number of rotatable bonds is 1. The number of hydrogen-bond donors (Lipinski definition) is 2. The molecular formula is C13H12F2N2O2. The van der Waals surface area contributed by atoms with Crippen LogP contribution in [-0.2, 0) is 11.3 Å². The number of fused-ring (bicyclic) bond motifs is 3. The van der Waals surface area contributed by atoms with E-state index in [1.807, 2.05) is 0 Å². The minimum Gasteiger partial charge on any atom is -0.373 e. The average molecular weight is 271 g/mol. The third-order valence-electron chi connectivity index (χ3n) is 3.09. The van der Waals surface area contributed by atoms with Crippen molar-refractivity contribution < 1.29 is 19.0 Å². The molecule has 4 nitrogen and oxygen atoms in total. The van der Waals surface area contributed by atoms with Gasteiger partial charge in [-0.05, 0) is 24.5 Å². The van der Waals surface area contributed by atoms with Crippen LogP contribution in [0.2, 0.25) is 0 Å². The number of ether oxygens (including phenoxy) is 1. The number of likely N-dealkylation sites (N-methyl/N-ethyl adjacent to an activating group) is 1. The lowest BCUT2D eigenvalue weighted by molar-refractivity contribution is 0.0819. The van der Waals surface area contributed by atoms with Gasteiger partial charge in [0.1, 0.15) is 0 Å². The van der Waals surface area contributed by atoms with E-state index in [4.69, 9.17) is 10.2 Å². The number of hydrogen-bond acceptors (Lipinski definition) is 3. The Labute approximate surface area is 113 Å². The van der Waals surface area contributed by atoms with Gasteiger partial charge in [-0.1, -0.05) is 0 Å². The summed E-state index contributed by atoms with van der Waals surface area (Å²) < 4.78 is 62.5. The lowest BCUT2D eigenvalue weighted by atomic mass is 9.97. The standard InChI is InChI=1S/C13H12F2N2O2/c1-16-10-4-19-5-11-12(10)6-2-8(14)9(15)3-7(6)13(18)17-11/h2-3,10,16H,4-5H2,1H3,(H,17,18)/t10-/m1/s1/i1+1D3,10D. The molecule has 2 N–H and O–H groups in total. The smallest absolute Gasteiger partial charge is 0.256 e. The van der Waals surface area contributed by atoms with Crippen LogP contribution in [0.1, 0.15) is 22.8 Å². The van der Waals surface area contributed by atoms with Crippen molar-refractivity contribution >= 4 is 10.8 Å². The Kier molecular flexibility index (Phi) is 1.94. The number of pyridine rings is 1. The van der Waals surface area contributed by atoms with Gasteiger partial charge >= 0.3 is 0 Å². The van der Waals surface area contributed by atoms with E-state index in [0.717, 1.165) is 12.1 Å². The first-order chi connectivity index (χ1) is 10.6. The van der Waals surface area contributed by atoms with Gasteiger partial charge in [0.25, 0.3) is 5.56 Å². The molecule has 1 aromatic carbocycles. The summed E-state index contributed by atoms with van der Waals surface area (Å²) in [6.07, 6.45) is 0. The first kappa shape index (κ1) is 8.39. The molecule has 0 amide bonds. The highest BCUT2D eigenvalue weighted by molar-refractivity contribution is 5.86. The van der Waals surface area contributed by atoms with Crippen molar-refractivity contribution in [2.45, 2.75) is 12.6 Å². The van der Waals surface area contributed by atoms with Crippen molar-refractivity contribution in [1.29, 1.82) is 0 Å². The molecule has 0 radical (unpaired) electrons. The van der Waals surface area contributed by atoms with Gasteiger partial charge in [-0.15, -0.1) is 0 Å². The van der Waals surface area contributed by atoms with E-state index < -0.39 is 30.2 Å². The first-order valence-electron chi connectivity index (χ1n) is 7.52. The Balaban J connectivity index is 2.35. The molecule has 0 spiro atoms. The monoisotopic (exact) mass is 271 g/mol. The zero-order valence-corrected chi connectivity index (χ0v) is 9.64. The number of H-pyrrole nitrogens is 1. The Morgan fingerprint density at radius 2 is 2.21 bits per heavy atom. The minimum absolute atomic E-state index is 0.0160. The van der Waals surface area contributed by atoms with Crippen LogP contribution < -0.4 is 10.9 Å². The largest absolute Gasteiger partial charge is 0.373 e. The minimum atomic E-state index is -2.67. The third kappa shape index (κ3) is 1.84. The van der Waals surface area contributed by atoms with Crippen LogP contribution in [0, 0.1) is 11.6 Å². The molecule has 0 saturated heterocycles. The van der Waals surface area contributed by atoms with Crippen LogP contribution in [-0.4, -0.2) is 18.6 Å². The summed E-state index contributed by atoms with van der Waals surface area (Å²) in [5.41, 5.74) is -0.445. The Morgan fingerprint density at radius 1 is 1.47 bits per heavy atom. The van der Waals surface area contributed by atoms with E-state index in [1.54, 1.807) is 0 Å². The zero-order valence-electron chi connectivity index (χ0n) is 13.6. The molecule has 1 atom stereocenters. The van der Waals surface area contributed by atoms with Crippen LogP contribution in [0.3, 0.4) is 0 Å². The van der Waals surface area contributed by atoms with Crippen LogP contribution in [0.25, 0.3) is 10.8 Å². The van der Waals surface area contributed by atoms with Gasteiger partial charge in [-0.3, -0.25) is 4.79 Å². The summed E-state index contributed by atoms with van der Waals surface area (Å²) >= 11 is 0. The van der Waals surface area contributed by atoms with Crippen molar-refractivity contribution in [3.8, 4) is 0 Å². The topological polar surface area (TPSA) is 54.1 Å². The lowest BCUT2D eigenvalue weighted by Crippen LogP contribution is -2.30. The van der Waals surface area contributed by atoms with E-state index in [2.05, 4.69) is 10.3 Å². The number of halogens is 2. The molecule has 0 unspecified atom stereocenters. The molecule has 2 heterocycles. The van der Waals surface area contributed by atoms with Gasteiger partial charge in [0, 0.05) is 15.4 Å². The summed E-state index contributed by atoms with van der Waals surface area (Å²) in [6, 6.07) is -0.408. The summed E-state index contributed by atoms with van der Waals surface area (Å²) in [5.74, 6) is -2.39. The molecule has 3 rings (SSSR count). The number of benzene rings is 1. The van der Waals surface area contributed by atoms with E-state index in [9.17, 15) is 13.6 Å². The molecule has 0 fully saturated rings. The maximum absolute atomic E-state index is 13.6. The Hall–Kier alpha value is -1.79. The second kappa shape index (κ2) is 4.40. The fourth-order valence-corrected chi connectivity index (χ4v) is 2.25. The van der Waals surface area contributed by atoms with Crippen LogP contribution in [0.4, 0.5) is 8.78 Å². The van der Waals surface area contributed by atoms with E-state index in [0.29, 0.717) is 0 Å². The van der Waals surface area contributed by atoms with Gasteiger partial charge < -0.3 is 15.0 Å². The van der Waals surface area contributed by atoms with Crippen molar-refractivity contribution in [3.63, 3.8) is 0 Å². The quantitative estimate of drug-likeness (QED) is 0.775. The maximum Gasteiger partial charge on any atom is 0.256 e. The molecule has 0 aliphatic carbocycles. The predicted octanol–water partition coefficient (Wildman–Crippen LogP) is 1.60. The summed E-state index contributed by atoms with van der Waals surface area (Å²) in [4.78, 5) is 14.5. The normalized spacial score (nSPS) is 26.2. The number of aromatic amines is 1. The molecule has 0 bridgehead atoms.